The zero-order valence-corrected chi connectivity index (χ0v) is 16.3. The second kappa shape index (κ2) is 7.44. The number of rotatable bonds is 4. The van der Waals surface area contributed by atoms with Crippen LogP contribution in [0.2, 0.25) is 0 Å². The third kappa shape index (κ3) is 3.91. The van der Waals surface area contributed by atoms with Crippen molar-refractivity contribution < 1.29 is 9.18 Å². The van der Waals surface area contributed by atoms with Crippen molar-refractivity contribution in [2.24, 2.45) is 5.92 Å². The number of aryl methyl sites for hydroxylation is 1. The molecule has 0 fully saturated rings. The van der Waals surface area contributed by atoms with Gasteiger partial charge in [-0.25, -0.2) is 9.37 Å². The maximum Gasteiger partial charge on any atom is 0.260 e. The molecule has 1 atom stereocenters. The summed E-state index contributed by atoms with van der Waals surface area (Å²) in [6, 6.07) is 5.58. The molecule has 2 N–H and O–H groups in total. The molecule has 2 aromatic heterocycles. The van der Waals surface area contributed by atoms with Crippen molar-refractivity contribution in [1.29, 1.82) is 0 Å². The summed E-state index contributed by atoms with van der Waals surface area (Å²) < 4.78 is 12.9. The number of carbonyl (C=O) groups excluding carboxylic acids is 1. The Morgan fingerprint density at radius 1 is 1.41 bits per heavy atom. The van der Waals surface area contributed by atoms with Gasteiger partial charge in [0.15, 0.2) is 5.16 Å². The fourth-order valence-electron chi connectivity index (χ4n) is 3.26. The molecule has 0 radical (unpaired) electrons. The topological polar surface area (TPSA) is 74.8 Å². The molecule has 0 aliphatic heterocycles. The number of benzene rings is 1. The number of hydrogen-bond donors (Lipinski definition) is 2. The average Bonchev–Trinajstić information content (AvgIpc) is 2.99. The van der Waals surface area contributed by atoms with Crippen molar-refractivity contribution in [3.05, 3.63) is 50.9 Å². The summed E-state index contributed by atoms with van der Waals surface area (Å²) in [4.78, 5) is 34.0. The molecule has 140 valence electrons. The molecule has 8 heteroatoms. The minimum absolute atomic E-state index is 0.105. The average molecular weight is 404 g/mol. The van der Waals surface area contributed by atoms with Crippen molar-refractivity contribution >= 4 is 44.9 Å². The number of thiophene rings is 1. The molecule has 3 aromatic rings. The fourth-order valence-corrected chi connectivity index (χ4v) is 5.36. The number of halogens is 1. The lowest BCUT2D eigenvalue weighted by Gasteiger charge is -2.17. The number of amides is 1. The van der Waals surface area contributed by atoms with E-state index >= 15 is 0 Å². The third-order valence-electron chi connectivity index (χ3n) is 4.61. The number of hydrogen-bond acceptors (Lipinski definition) is 5. The lowest BCUT2D eigenvalue weighted by Crippen LogP contribution is -2.16. The highest BCUT2D eigenvalue weighted by Gasteiger charge is 2.23. The molecule has 0 spiro atoms. The minimum Gasteiger partial charge on any atom is -0.325 e. The lowest BCUT2D eigenvalue weighted by atomic mass is 9.89. The highest BCUT2D eigenvalue weighted by atomic mass is 32.2. The van der Waals surface area contributed by atoms with Crippen molar-refractivity contribution in [2.75, 3.05) is 11.1 Å². The van der Waals surface area contributed by atoms with Crippen LogP contribution in [0.25, 0.3) is 10.2 Å². The molecule has 2 heterocycles. The number of thioether (sulfide) groups is 1. The Morgan fingerprint density at radius 2 is 2.19 bits per heavy atom. The van der Waals surface area contributed by atoms with Crippen LogP contribution in [0.3, 0.4) is 0 Å². The van der Waals surface area contributed by atoms with E-state index in [1.165, 1.54) is 40.9 Å². The monoisotopic (exact) mass is 403 g/mol. The summed E-state index contributed by atoms with van der Waals surface area (Å²) in [5.74, 6) is 0.140. The molecule has 1 aromatic carbocycles. The summed E-state index contributed by atoms with van der Waals surface area (Å²) in [7, 11) is 0. The van der Waals surface area contributed by atoms with Gasteiger partial charge in [0.25, 0.3) is 5.56 Å². The highest BCUT2D eigenvalue weighted by Crippen LogP contribution is 2.36. The van der Waals surface area contributed by atoms with Gasteiger partial charge in [0, 0.05) is 10.6 Å². The van der Waals surface area contributed by atoms with Crippen LogP contribution >= 0.6 is 23.1 Å². The van der Waals surface area contributed by atoms with E-state index in [4.69, 9.17) is 0 Å². The Balaban J connectivity index is 1.48. The van der Waals surface area contributed by atoms with Crippen molar-refractivity contribution in [1.82, 2.24) is 9.97 Å². The molecule has 1 aliphatic carbocycles. The van der Waals surface area contributed by atoms with Gasteiger partial charge in [0.1, 0.15) is 10.6 Å². The minimum atomic E-state index is -0.356. The maximum atomic E-state index is 12.9. The predicted molar refractivity (Wildman–Crippen MR) is 107 cm³/mol. The van der Waals surface area contributed by atoms with E-state index in [0.29, 0.717) is 22.1 Å². The van der Waals surface area contributed by atoms with Crippen LogP contribution in [0.5, 0.6) is 0 Å². The van der Waals surface area contributed by atoms with E-state index in [2.05, 4.69) is 22.2 Å². The van der Waals surface area contributed by atoms with Gasteiger partial charge in [-0.3, -0.25) is 9.59 Å². The first-order valence-corrected chi connectivity index (χ1v) is 10.5. The van der Waals surface area contributed by atoms with E-state index in [1.807, 2.05) is 0 Å². The van der Waals surface area contributed by atoms with Gasteiger partial charge in [-0.2, -0.15) is 0 Å². The number of fused-ring (bicyclic) bond motifs is 3. The Bertz CT molecular complexity index is 1060. The van der Waals surface area contributed by atoms with Crippen LogP contribution in [0.15, 0.2) is 34.2 Å². The number of nitrogens with zero attached hydrogens (tertiary/aromatic N) is 1. The van der Waals surface area contributed by atoms with Gasteiger partial charge >= 0.3 is 0 Å². The Hall–Kier alpha value is -2.19. The molecule has 5 nitrogen and oxygen atoms in total. The van der Waals surface area contributed by atoms with E-state index in [1.54, 1.807) is 11.3 Å². The summed E-state index contributed by atoms with van der Waals surface area (Å²) in [5, 5.41) is 3.84. The van der Waals surface area contributed by atoms with E-state index in [9.17, 15) is 14.0 Å². The van der Waals surface area contributed by atoms with Gasteiger partial charge in [0.2, 0.25) is 5.91 Å². The van der Waals surface area contributed by atoms with Gasteiger partial charge in [-0.15, -0.1) is 11.3 Å². The van der Waals surface area contributed by atoms with Crippen LogP contribution in [-0.2, 0) is 17.6 Å². The van der Waals surface area contributed by atoms with Crippen LogP contribution in [0.4, 0.5) is 10.1 Å². The van der Waals surface area contributed by atoms with Crippen molar-refractivity contribution in [3.8, 4) is 0 Å². The highest BCUT2D eigenvalue weighted by molar-refractivity contribution is 7.99. The summed E-state index contributed by atoms with van der Waals surface area (Å²) in [6.07, 6.45) is 3.02. The van der Waals surface area contributed by atoms with Crippen LogP contribution in [-0.4, -0.2) is 21.6 Å². The molecule has 1 unspecified atom stereocenters. The number of carbonyl (C=O) groups is 1. The zero-order valence-electron chi connectivity index (χ0n) is 14.7. The Morgan fingerprint density at radius 3 is 2.96 bits per heavy atom. The molecular weight excluding hydrogens is 385 g/mol. The molecule has 4 rings (SSSR count). The summed E-state index contributed by atoms with van der Waals surface area (Å²) in [5.41, 5.74) is 1.54. The first kappa shape index (κ1) is 18.2. The number of nitrogens with one attached hydrogen (secondary N) is 2. The van der Waals surface area contributed by atoms with Crippen LogP contribution in [0, 0.1) is 11.7 Å². The predicted octanol–water partition coefficient (Wildman–Crippen LogP) is 3.98. The van der Waals surface area contributed by atoms with E-state index in [-0.39, 0.29) is 23.0 Å². The van der Waals surface area contributed by atoms with Crippen LogP contribution < -0.4 is 10.9 Å². The standard InChI is InChI=1S/C19H18FN3O2S2/c1-10-2-7-13-14(8-10)27-18-16(13)17(25)22-19(23-18)26-9-15(24)21-12-5-3-11(20)4-6-12/h3-6,10H,2,7-9H2,1H3,(H,21,24)(H,22,23,25). The number of aromatic amines is 1. The summed E-state index contributed by atoms with van der Waals surface area (Å²) in [6.45, 7) is 2.23. The fraction of sp³-hybridized carbons (Fsp3) is 0.316. The summed E-state index contributed by atoms with van der Waals surface area (Å²) >= 11 is 2.77. The molecule has 0 saturated carbocycles. The molecule has 0 saturated heterocycles. The number of H-pyrrole nitrogens is 1. The number of aromatic nitrogens is 2. The SMILES string of the molecule is CC1CCc2c(sc3nc(SCC(=O)Nc4ccc(F)cc4)[nH]c(=O)c23)C1. The van der Waals surface area contributed by atoms with Crippen molar-refractivity contribution in [3.63, 3.8) is 0 Å². The van der Waals surface area contributed by atoms with E-state index < -0.39 is 0 Å². The Kier molecular flexibility index (Phi) is 5.01. The van der Waals surface area contributed by atoms with Gasteiger partial charge in [-0.05, 0) is 55.0 Å². The molecule has 27 heavy (non-hydrogen) atoms. The first-order chi connectivity index (χ1) is 13.0. The smallest absolute Gasteiger partial charge is 0.260 e. The largest absolute Gasteiger partial charge is 0.325 e. The van der Waals surface area contributed by atoms with Crippen molar-refractivity contribution in [2.45, 2.75) is 31.3 Å². The third-order valence-corrected chi connectivity index (χ3v) is 6.63. The van der Waals surface area contributed by atoms with Gasteiger partial charge in [-0.1, -0.05) is 18.7 Å². The second-order valence-electron chi connectivity index (χ2n) is 6.75. The molecular formula is C19H18FN3O2S2. The molecule has 1 amide bonds. The molecule has 0 bridgehead atoms. The zero-order chi connectivity index (χ0) is 19.0. The normalized spacial score (nSPS) is 16.3. The van der Waals surface area contributed by atoms with Crippen LogP contribution in [0.1, 0.15) is 23.8 Å². The molecule has 1 aliphatic rings. The maximum absolute atomic E-state index is 12.9. The first-order valence-electron chi connectivity index (χ1n) is 8.72. The van der Waals surface area contributed by atoms with E-state index in [0.717, 1.165) is 29.7 Å². The van der Waals surface area contributed by atoms with Gasteiger partial charge < -0.3 is 10.3 Å². The lowest BCUT2D eigenvalue weighted by molar-refractivity contribution is -0.113. The number of anilines is 1. The second-order valence-corrected chi connectivity index (χ2v) is 8.79. The Labute approximate surface area is 163 Å². The quantitative estimate of drug-likeness (QED) is 0.510. The van der Waals surface area contributed by atoms with Gasteiger partial charge in [0.05, 0.1) is 11.1 Å².